The molecule has 0 atom stereocenters. The third-order valence-corrected chi connectivity index (χ3v) is 1.21. The van der Waals surface area contributed by atoms with Crippen molar-refractivity contribution in [3.05, 3.63) is 0 Å². The van der Waals surface area contributed by atoms with Crippen molar-refractivity contribution in [3.8, 4) is 0 Å². The summed E-state index contributed by atoms with van der Waals surface area (Å²) in [5.41, 5.74) is 0. The Morgan fingerprint density at radius 3 is 2.36 bits per heavy atom. The molecule has 0 saturated carbocycles. The molecule has 1 aliphatic heterocycles. The molecule has 0 aromatic carbocycles. The number of hydrogen-bond acceptors (Lipinski definition) is 3. The third kappa shape index (κ3) is 1.19. The van der Waals surface area contributed by atoms with Gasteiger partial charge in [0.05, 0.1) is 6.54 Å². The Bertz CT molecular complexity index is 228. The lowest BCUT2D eigenvalue weighted by molar-refractivity contribution is -0.140. The molecule has 60 valence electrons. The molecule has 4 amide bonds. The molecule has 1 fully saturated rings. The van der Waals surface area contributed by atoms with Crippen LogP contribution in [0.2, 0.25) is 0 Å². The number of halogens is 1. The number of nitrogens with zero attached hydrogens (tertiary/aromatic N) is 1. The molecule has 5 nitrogen and oxygen atoms in total. The number of imide groups is 2. The first-order valence-electron chi connectivity index (χ1n) is 2.89. The van der Waals surface area contributed by atoms with Crippen molar-refractivity contribution in [2.45, 2.75) is 0 Å². The lowest BCUT2D eigenvalue weighted by Gasteiger charge is -2.06. The number of rotatable bonds is 2. The molecule has 6 heteroatoms. The van der Waals surface area contributed by atoms with Crippen LogP contribution in [0, 0.1) is 0 Å². The fourth-order valence-corrected chi connectivity index (χ4v) is 0.720. The zero-order valence-electron chi connectivity index (χ0n) is 5.46. The van der Waals surface area contributed by atoms with Gasteiger partial charge in [0.2, 0.25) is 0 Å². The first kappa shape index (κ1) is 7.64. The summed E-state index contributed by atoms with van der Waals surface area (Å²) >= 11 is 0. The predicted octanol–water partition coefficient (Wildman–Crippen LogP) is -0.966. The second-order valence-electron chi connectivity index (χ2n) is 1.91. The summed E-state index contributed by atoms with van der Waals surface area (Å²) in [6, 6.07) is -0.849. The largest absolute Gasteiger partial charge is 0.331 e. The van der Waals surface area contributed by atoms with Gasteiger partial charge in [-0.1, -0.05) is 0 Å². The van der Waals surface area contributed by atoms with Crippen molar-refractivity contribution in [2.75, 3.05) is 13.2 Å². The first-order chi connectivity index (χ1) is 5.16. The van der Waals surface area contributed by atoms with E-state index in [1.807, 2.05) is 0 Å². The van der Waals surface area contributed by atoms with Crippen LogP contribution >= 0.6 is 0 Å². The van der Waals surface area contributed by atoms with Crippen LogP contribution in [0.3, 0.4) is 0 Å². The summed E-state index contributed by atoms with van der Waals surface area (Å²) in [5, 5.41) is 1.73. The molecule has 0 spiro atoms. The number of alkyl halides is 1. The van der Waals surface area contributed by atoms with Crippen molar-refractivity contribution in [3.63, 3.8) is 0 Å². The quantitative estimate of drug-likeness (QED) is 0.417. The molecule has 0 radical (unpaired) electrons. The number of hydrogen-bond donors (Lipinski definition) is 1. The van der Waals surface area contributed by atoms with E-state index in [4.69, 9.17) is 0 Å². The molecule has 1 saturated heterocycles. The summed E-state index contributed by atoms with van der Waals surface area (Å²) in [5.74, 6) is -1.99. The van der Waals surface area contributed by atoms with Gasteiger partial charge < -0.3 is 0 Å². The van der Waals surface area contributed by atoms with Crippen LogP contribution < -0.4 is 5.32 Å². The van der Waals surface area contributed by atoms with Crippen LogP contribution in [0.4, 0.5) is 9.18 Å². The van der Waals surface area contributed by atoms with Crippen LogP contribution in [-0.2, 0) is 9.59 Å². The van der Waals surface area contributed by atoms with Gasteiger partial charge in [-0.25, -0.2) is 9.18 Å². The molecule has 0 aromatic rings. The average Bonchev–Trinajstić information content (AvgIpc) is 2.17. The summed E-state index contributed by atoms with van der Waals surface area (Å²) in [6.07, 6.45) is 0. The molecular weight excluding hydrogens is 155 g/mol. The molecule has 11 heavy (non-hydrogen) atoms. The highest BCUT2D eigenvalue weighted by Gasteiger charge is 2.36. The van der Waals surface area contributed by atoms with Crippen LogP contribution in [-0.4, -0.2) is 36.0 Å². The van der Waals surface area contributed by atoms with Crippen LogP contribution in [0.25, 0.3) is 0 Å². The SMILES string of the molecule is O=C1NC(=O)N(CCF)C1=O. The van der Waals surface area contributed by atoms with E-state index in [0.29, 0.717) is 4.90 Å². The van der Waals surface area contributed by atoms with Gasteiger partial charge in [0.25, 0.3) is 0 Å². The summed E-state index contributed by atoms with van der Waals surface area (Å²) in [4.78, 5) is 32.2. The van der Waals surface area contributed by atoms with E-state index in [9.17, 15) is 18.8 Å². The van der Waals surface area contributed by atoms with E-state index in [1.165, 1.54) is 0 Å². The fraction of sp³-hybridized carbons (Fsp3) is 0.400. The van der Waals surface area contributed by atoms with Gasteiger partial charge in [0, 0.05) is 0 Å². The summed E-state index contributed by atoms with van der Waals surface area (Å²) < 4.78 is 11.6. The molecule has 0 aromatic heterocycles. The van der Waals surface area contributed by atoms with Gasteiger partial charge in [0.1, 0.15) is 6.67 Å². The minimum Gasteiger partial charge on any atom is -0.269 e. The van der Waals surface area contributed by atoms with Crippen molar-refractivity contribution in [1.82, 2.24) is 10.2 Å². The monoisotopic (exact) mass is 160 g/mol. The van der Waals surface area contributed by atoms with Gasteiger partial charge in [0.15, 0.2) is 0 Å². The Hall–Kier alpha value is -1.46. The molecule has 1 rings (SSSR count). The van der Waals surface area contributed by atoms with Crippen molar-refractivity contribution in [1.29, 1.82) is 0 Å². The molecule has 0 aliphatic carbocycles. The highest BCUT2D eigenvalue weighted by atomic mass is 19.1. The first-order valence-corrected chi connectivity index (χ1v) is 2.89. The lowest BCUT2D eigenvalue weighted by atomic mass is 10.5. The van der Waals surface area contributed by atoms with Crippen molar-refractivity contribution >= 4 is 17.8 Å². The lowest BCUT2D eigenvalue weighted by Crippen LogP contribution is -2.32. The van der Waals surface area contributed by atoms with Crippen molar-refractivity contribution < 1.29 is 18.8 Å². The normalized spacial score (nSPS) is 17.5. The molecule has 1 N–H and O–H groups in total. The maximum atomic E-state index is 11.6. The Morgan fingerprint density at radius 1 is 1.36 bits per heavy atom. The third-order valence-electron chi connectivity index (χ3n) is 1.21. The number of carbonyl (C=O) groups is 3. The zero-order valence-corrected chi connectivity index (χ0v) is 5.46. The number of urea groups is 1. The smallest absolute Gasteiger partial charge is 0.269 e. The zero-order chi connectivity index (χ0) is 8.43. The fourth-order valence-electron chi connectivity index (χ4n) is 0.720. The van der Waals surface area contributed by atoms with E-state index >= 15 is 0 Å². The van der Waals surface area contributed by atoms with E-state index in [2.05, 4.69) is 0 Å². The Balaban J connectivity index is 2.71. The predicted molar refractivity (Wildman–Crippen MR) is 31.2 cm³/mol. The standard InChI is InChI=1S/C5H5FN2O3/c6-1-2-8-4(10)3(9)7-5(8)11/h1-2H2,(H,7,9,11). The second kappa shape index (κ2) is 2.65. The number of carbonyl (C=O) groups excluding carboxylic acids is 3. The molecule has 1 aliphatic rings. The van der Waals surface area contributed by atoms with Gasteiger partial charge in [-0.3, -0.25) is 19.8 Å². The minimum atomic E-state index is -0.997. The molecule has 0 unspecified atom stereocenters. The van der Waals surface area contributed by atoms with E-state index in [1.54, 1.807) is 5.32 Å². The van der Waals surface area contributed by atoms with E-state index in [0.717, 1.165) is 0 Å². The second-order valence-corrected chi connectivity index (χ2v) is 1.91. The van der Waals surface area contributed by atoms with Crippen LogP contribution in [0.5, 0.6) is 0 Å². The Kier molecular flexibility index (Phi) is 1.84. The summed E-state index contributed by atoms with van der Waals surface area (Å²) in [7, 11) is 0. The van der Waals surface area contributed by atoms with Crippen LogP contribution in [0.1, 0.15) is 0 Å². The van der Waals surface area contributed by atoms with Gasteiger partial charge in [-0.2, -0.15) is 0 Å². The van der Waals surface area contributed by atoms with Crippen LogP contribution in [0.15, 0.2) is 0 Å². The Morgan fingerprint density at radius 2 is 2.00 bits per heavy atom. The minimum absolute atomic E-state index is 0.365. The van der Waals surface area contributed by atoms with E-state index < -0.39 is 24.5 Å². The highest BCUT2D eigenvalue weighted by molar-refractivity contribution is 6.44. The topological polar surface area (TPSA) is 66.5 Å². The summed E-state index contributed by atoms with van der Waals surface area (Å²) in [6.45, 7) is -1.21. The number of amides is 4. The van der Waals surface area contributed by atoms with E-state index in [-0.39, 0.29) is 6.54 Å². The molecular formula is C5H5FN2O3. The van der Waals surface area contributed by atoms with Gasteiger partial charge >= 0.3 is 17.8 Å². The maximum Gasteiger partial charge on any atom is 0.331 e. The highest BCUT2D eigenvalue weighted by Crippen LogP contribution is 1.98. The molecule has 0 bridgehead atoms. The van der Waals surface area contributed by atoms with Crippen molar-refractivity contribution in [2.24, 2.45) is 0 Å². The van der Waals surface area contributed by atoms with Gasteiger partial charge in [-0.15, -0.1) is 0 Å². The molecule has 1 heterocycles. The maximum absolute atomic E-state index is 11.6. The number of nitrogens with one attached hydrogen (secondary N) is 1. The van der Waals surface area contributed by atoms with Gasteiger partial charge in [-0.05, 0) is 0 Å². The Labute approximate surface area is 61.2 Å². The average molecular weight is 160 g/mol.